The summed E-state index contributed by atoms with van der Waals surface area (Å²) in [6.07, 6.45) is 0. The van der Waals surface area contributed by atoms with Crippen molar-refractivity contribution in [1.82, 2.24) is 15.5 Å². The summed E-state index contributed by atoms with van der Waals surface area (Å²) in [4.78, 5) is 51.2. The number of nitro benzene ring substituents is 1. The molecule has 4 amide bonds. The second kappa shape index (κ2) is 13.7. The molecule has 0 fully saturated rings. The van der Waals surface area contributed by atoms with Crippen molar-refractivity contribution in [2.75, 3.05) is 7.05 Å². The number of rotatable bonds is 11. The van der Waals surface area contributed by atoms with Gasteiger partial charge >= 0.3 is 6.03 Å². The van der Waals surface area contributed by atoms with Crippen molar-refractivity contribution in [3.05, 3.63) is 147 Å². The molecule has 0 saturated heterocycles. The van der Waals surface area contributed by atoms with Gasteiger partial charge in [0.15, 0.2) is 0 Å². The number of amides is 4. The Kier molecular flexibility index (Phi) is 9.62. The zero-order valence-electron chi connectivity index (χ0n) is 23.0. The summed E-state index contributed by atoms with van der Waals surface area (Å²) < 4.78 is 0. The molecule has 4 N–H and O–H groups in total. The normalized spacial score (nSPS) is 11.4. The molecule has 1 atom stereocenters. The van der Waals surface area contributed by atoms with E-state index >= 15 is 0 Å². The number of hydrogen-bond acceptors (Lipinski definition) is 5. The van der Waals surface area contributed by atoms with Gasteiger partial charge in [0.25, 0.3) is 5.69 Å². The van der Waals surface area contributed by atoms with E-state index in [0.717, 1.165) is 22.3 Å². The number of hydrogen-bond donors (Lipinski definition) is 3. The van der Waals surface area contributed by atoms with Gasteiger partial charge in [0.05, 0.1) is 10.8 Å². The van der Waals surface area contributed by atoms with Gasteiger partial charge in [-0.1, -0.05) is 97.1 Å². The maximum Gasteiger partial charge on any atom is 0.312 e. The van der Waals surface area contributed by atoms with E-state index < -0.39 is 34.7 Å². The number of carbonyl (C=O) groups is 3. The maximum absolute atomic E-state index is 13.9. The van der Waals surface area contributed by atoms with Crippen LogP contribution in [0.1, 0.15) is 39.8 Å². The van der Waals surface area contributed by atoms with Crippen LogP contribution >= 0.6 is 0 Å². The average molecular weight is 566 g/mol. The lowest BCUT2D eigenvalue weighted by atomic mass is 9.90. The fourth-order valence-electron chi connectivity index (χ4n) is 4.64. The minimum Gasteiger partial charge on any atom is -0.352 e. The number of primary amides is 1. The molecule has 0 aliphatic rings. The van der Waals surface area contributed by atoms with Crippen LogP contribution in [0.3, 0.4) is 0 Å². The molecular formula is C32H31N5O5. The molecule has 4 rings (SSSR count). The van der Waals surface area contributed by atoms with Crippen molar-refractivity contribution in [2.24, 2.45) is 5.73 Å². The number of nitrogens with zero attached hydrogens (tertiary/aromatic N) is 2. The zero-order chi connectivity index (χ0) is 30.1. The van der Waals surface area contributed by atoms with Crippen molar-refractivity contribution in [2.45, 2.75) is 25.0 Å². The van der Waals surface area contributed by atoms with E-state index in [1.807, 2.05) is 84.9 Å². The topological polar surface area (TPSA) is 148 Å². The van der Waals surface area contributed by atoms with Crippen LogP contribution in [-0.2, 0) is 22.7 Å². The fraction of sp³-hybridized carbons (Fsp3) is 0.156. The van der Waals surface area contributed by atoms with Crippen LogP contribution < -0.4 is 16.4 Å². The molecule has 10 nitrogen and oxygen atoms in total. The Morgan fingerprint density at radius 2 is 1.36 bits per heavy atom. The Hall–Kier alpha value is -5.51. The molecule has 0 radical (unpaired) electrons. The predicted molar refractivity (Wildman–Crippen MR) is 158 cm³/mol. The van der Waals surface area contributed by atoms with Crippen LogP contribution in [0.4, 0.5) is 10.5 Å². The molecule has 0 aliphatic heterocycles. The third-order valence-corrected chi connectivity index (χ3v) is 6.76. The zero-order valence-corrected chi connectivity index (χ0v) is 23.0. The van der Waals surface area contributed by atoms with E-state index in [4.69, 9.17) is 5.73 Å². The lowest BCUT2D eigenvalue weighted by molar-refractivity contribution is -0.384. The first-order valence-corrected chi connectivity index (χ1v) is 13.2. The van der Waals surface area contributed by atoms with Gasteiger partial charge in [-0.05, 0) is 27.8 Å². The Morgan fingerprint density at radius 3 is 1.90 bits per heavy atom. The summed E-state index contributed by atoms with van der Waals surface area (Å²) in [6.45, 7) is 0.486. The van der Waals surface area contributed by atoms with Gasteiger partial charge in [0, 0.05) is 32.3 Å². The predicted octanol–water partition coefficient (Wildman–Crippen LogP) is 4.41. The standard InChI is InChI=1S/C32H31N5O5/c1-36(21-23-17-15-22(16-18-23)20-34-32(33)40)31(39)29(26-13-8-14-27(19-26)37(41)42)35-30(38)28(24-9-4-2-5-10-24)25-11-6-3-7-12-25/h2-19,28-29H,20-21H2,1H3,(H,35,38)(H3,33,34,40). The third-order valence-electron chi connectivity index (χ3n) is 6.76. The molecule has 0 bridgehead atoms. The van der Waals surface area contributed by atoms with Gasteiger partial charge in [0.1, 0.15) is 6.04 Å². The van der Waals surface area contributed by atoms with Gasteiger partial charge in [-0.15, -0.1) is 0 Å². The van der Waals surface area contributed by atoms with Crippen LogP contribution in [0.5, 0.6) is 0 Å². The number of benzene rings is 4. The number of urea groups is 1. The number of nitro groups is 1. The summed E-state index contributed by atoms with van der Waals surface area (Å²) in [5.41, 5.74) is 8.36. The number of nitrogens with one attached hydrogen (secondary N) is 2. The van der Waals surface area contributed by atoms with E-state index in [1.54, 1.807) is 13.1 Å². The largest absolute Gasteiger partial charge is 0.352 e. The SMILES string of the molecule is CN(Cc1ccc(CNC(N)=O)cc1)C(=O)C(NC(=O)C(c1ccccc1)c1ccccc1)c1cccc([N+](=O)[O-])c1. The molecule has 0 spiro atoms. The van der Waals surface area contributed by atoms with Crippen molar-refractivity contribution >= 4 is 23.5 Å². The summed E-state index contributed by atoms with van der Waals surface area (Å²) in [5.74, 6) is -1.58. The minimum absolute atomic E-state index is 0.190. The highest BCUT2D eigenvalue weighted by Gasteiger charge is 2.31. The molecule has 42 heavy (non-hydrogen) atoms. The Labute approximate surface area is 243 Å². The lowest BCUT2D eigenvalue weighted by Crippen LogP contribution is -2.43. The molecule has 10 heteroatoms. The Balaban J connectivity index is 1.63. The molecule has 1 unspecified atom stereocenters. The number of carbonyl (C=O) groups excluding carboxylic acids is 3. The first-order chi connectivity index (χ1) is 20.2. The molecule has 0 saturated carbocycles. The Morgan fingerprint density at radius 1 is 0.810 bits per heavy atom. The Bertz CT molecular complexity index is 1510. The molecular weight excluding hydrogens is 534 g/mol. The van der Waals surface area contributed by atoms with Crippen LogP contribution in [0.25, 0.3) is 0 Å². The van der Waals surface area contributed by atoms with Crippen molar-refractivity contribution in [1.29, 1.82) is 0 Å². The number of nitrogens with two attached hydrogens (primary N) is 1. The van der Waals surface area contributed by atoms with E-state index in [1.165, 1.54) is 23.1 Å². The second-order valence-electron chi connectivity index (χ2n) is 9.78. The van der Waals surface area contributed by atoms with Crippen LogP contribution in [-0.4, -0.2) is 34.7 Å². The summed E-state index contributed by atoms with van der Waals surface area (Å²) in [5, 5.41) is 16.9. The van der Waals surface area contributed by atoms with Gasteiger partial charge < -0.3 is 21.3 Å². The van der Waals surface area contributed by atoms with Crippen LogP contribution in [0.15, 0.2) is 109 Å². The lowest BCUT2D eigenvalue weighted by Gasteiger charge is -2.27. The number of non-ortho nitro benzene ring substituents is 1. The third kappa shape index (κ3) is 7.57. The van der Waals surface area contributed by atoms with Gasteiger partial charge in [-0.3, -0.25) is 19.7 Å². The van der Waals surface area contributed by atoms with Gasteiger partial charge in [-0.25, -0.2) is 4.79 Å². The van der Waals surface area contributed by atoms with Crippen molar-refractivity contribution in [3.63, 3.8) is 0 Å². The molecule has 0 aliphatic carbocycles. The maximum atomic E-state index is 13.9. The van der Waals surface area contributed by atoms with E-state index in [0.29, 0.717) is 5.56 Å². The average Bonchev–Trinajstić information content (AvgIpc) is 3.00. The molecule has 0 heterocycles. The summed E-state index contributed by atoms with van der Waals surface area (Å²) >= 11 is 0. The second-order valence-corrected chi connectivity index (χ2v) is 9.78. The van der Waals surface area contributed by atoms with Gasteiger partial charge in [0.2, 0.25) is 11.8 Å². The highest BCUT2D eigenvalue weighted by molar-refractivity contribution is 5.93. The van der Waals surface area contributed by atoms with Crippen molar-refractivity contribution < 1.29 is 19.3 Å². The highest BCUT2D eigenvalue weighted by atomic mass is 16.6. The quantitative estimate of drug-likeness (QED) is 0.182. The molecule has 4 aromatic carbocycles. The van der Waals surface area contributed by atoms with Crippen LogP contribution in [0.2, 0.25) is 0 Å². The van der Waals surface area contributed by atoms with E-state index in [9.17, 15) is 24.5 Å². The molecule has 214 valence electrons. The first kappa shape index (κ1) is 29.5. The first-order valence-electron chi connectivity index (χ1n) is 13.2. The van der Waals surface area contributed by atoms with E-state index in [-0.39, 0.29) is 18.8 Å². The molecule has 4 aromatic rings. The van der Waals surface area contributed by atoms with Gasteiger partial charge in [-0.2, -0.15) is 0 Å². The monoisotopic (exact) mass is 565 g/mol. The summed E-state index contributed by atoms with van der Waals surface area (Å²) in [6, 6.07) is 29.6. The smallest absolute Gasteiger partial charge is 0.312 e. The molecule has 0 aromatic heterocycles. The number of likely N-dealkylation sites (N-methyl/N-ethyl adjacent to an activating group) is 1. The van der Waals surface area contributed by atoms with Crippen molar-refractivity contribution in [3.8, 4) is 0 Å². The minimum atomic E-state index is -1.18. The van der Waals surface area contributed by atoms with Crippen LogP contribution in [0, 0.1) is 10.1 Å². The fourth-order valence-corrected chi connectivity index (χ4v) is 4.64. The van der Waals surface area contributed by atoms with E-state index in [2.05, 4.69) is 10.6 Å². The highest BCUT2D eigenvalue weighted by Crippen LogP contribution is 2.28. The summed E-state index contributed by atoms with van der Waals surface area (Å²) in [7, 11) is 1.60.